The molecule has 2 aromatic rings. The molecule has 96 valence electrons. The first-order valence-electron chi connectivity index (χ1n) is 5.72. The Balaban J connectivity index is 1.97. The fraction of sp³-hybridized carbons (Fsp3) is 0.308. The molecule has 0 radical (unpaired) electrons. The predicted octanol–water partition coefficient (Wildman–Crippen LogP) is 3.80. The van der Waals surface area contributed by atoms with Gasteiger partial charge in [-0.3, -0.25) is 4.68 Å². The lowest BCUT2D eigenvalue weighted by molar-refractivity contribution is 0.574. The highest BCUT2D eigenvalue weighted by Gasteiger charge is 2.07. The van der Waals surface area contributed by atoms with Crippen LogP contribution in [0.1, 0.15) is 24.1 Å². The molecule has 2 rings (SSSR count). The monoisotopic (exact) mass is 371 g/mol. The number of aromatic nitrogens is 2. The summed E-state index contributed by atoms with van der Waals surface area (Å²) in [6, 6.07) is 6.57. The van der Waals surface area contributed by atoms with Crippen LogP contribution in [0.25, 0.3) is 0 Å². The highest BCUT2D eigenvalue weighted by molar-refractivity contribution is 9.13. The minimum absolute atomic E-state index is 0.293. The van der Waals surface area contributed by atoms with Crippen LogP contribution in [-0.4, -0.2) is 9.78 Å². The van der Waals surface area contributed by atoms with E-state index in [2.05, 4.69) is 67.4 Å². The van der Waals surface area contributed by atoms with Crippen LogP contribution in [0.5, 0.6) is 0 Å². The number of hydrogen-bond acceptors (Lipinski definition) is 2. The van der Waals surface area contributed by atoms with E-state index in [9.17, 15) is 0 Å². The molecule has 0 spiro atoms. The van der Waals surface area contributed by atoms with Crippen molar-refractivity contribution in [2.75, 3.05) is 0 Å². The first-order valence-corrected chi connectivity index (χ1v) is 7.30. The number of nitrogens with zero attached hydrogens (tertiary/aromatic N) is 2. The Labute approximate surface area is 124 Å². The number of hydrogen-bond donors (Lipinski definition) is 1. The molecular formula is C13H15Br2N3. The molecule has 0 saturated carbocycles. The maximum absolute atomic E-state index is 4.18. The third-order valence-corrected chi connectivity index (χ3v) is 4.70. The van der Waals surface area contributed by atoms with E-state index in [1.165, 1.54) is 11.1 Å². The van der Waals surface area contributed by atoms with Crippen molar-refractivity contribution in [3.8, 4) is 0 Å². The lowest BCUT2D eigenvalue weighted by Crippen LogP contribution is -2.17. The van der Waals surface area contributed by atoms with Crippen molar-refractivity contribution in [2.45, 2.75) is 19.5 Å². The molecule has 5 heteroatoms. The van der Waals surface area contributed by atoms with Crippen molar-refractivity contribution < 1.29 is 0 Å². The standard InChI is InChI=1S/C13H15Br2N3/c1-9(11-7-17-18(2)8-11)16-6-10-3-4-12(14)13(15)5-10/h3-5,7-9,16H,6H2,1-2H3. The van der Waals surface area contributed by atoms with Crippen LogP contribution < -0.4 is 5.32 Å². The van der Waals surface area contributed by atoms with E-state index in [0.29, 0.717) is 6.04 Å². The Morgan fingerprint density at radius 1 is 1.33 bits per heavy atom. The van der Waals surface area contributed by atoms with Gasteiger partial charge in [-0.25, -0.2) is 0 Å². The van der Waals surface area contributed by atoms with Gasteiger partial charge in [-0.2, -0.15) is 5.10 Å². The van der Waals surface area contributed by atoms with Gasteiger partial charge in [-0.15, -0.1) is 0 Å². The molecule has 1 N–H and O–H groups in total. The third kappa shape index (κ3) is 3.43. The second kappa shape index (κ2) is 5.99. The summed E-state index contributed by atoms with van der Waals surface area (Å²) in [5.41, 5.74) is 2.45. The second-order valence-corrected chi connectivity index (χ2v) is 6.01. The van der Waals surface area contributed by atoms with E-state index in [-0.39, 0.29) is 0 Å². The van der Waals surface area contributed by atoms with Gasteiger partial charge in [0.25, 0.3) is 0 Å². The van der Waals surface area contributed by atoms with Crippen molar-refractivity contribution in [3.05, 3.63) is 50.7 Å². The molecule has 1 heterocycles. The predicted molar refractivity (Wildman–Crippen MR) is 80.3 cm³/mol. The second-order valence-electron chi connectivity index (χ2n) is 4.30. The highest BCUT2D eigenvalue weighted by atomic mass is 79.9. The van der Waals surface area contributed by atoms with Crippen LogP contribution in [0, 0.1) is 0 Å². The summed E-state index contributed by atoms with van der Waals surface area (Å²) in [6.45, 7) is 2.98. The first-order chi connectivity index (χ1) is 8.56. The minimum atomic E-state index is 0.293. The average molecular weight is 373 g/mol. The lowest BCUT2D eigenvalue weighted by Gasteiger charge is -2.12. The fourth-order valence-corrected chi connectivity index (χ4v) is 2.37. The maximum Gasteiger partial charge on any atom is 0.0537 e. The van der Waals surface area contributed by atoms with Gasteiger partial charge < -0.3 is 5.32 Å². The zero-order valence-corrected chi connectivity index (χ0v) is 13.5. The molecule has 3 nitrogen and oxygen atoms in total. The SMILES string of the molecule is CC(NCc1ccc(Br)c(Br)c1)c1cnn(C)c1. The first kappa shape index (κ1) is 13.8. The lowest BCUT2D eigenvalue weighted by atomic mass is 10.1. The van der Waals surface area contributed by atoms with Crippen LogP contribution in [0.4, 0.5) is 0 Å². The van der Waals surface area contributed by atoms with E-state index in [4.69, 9.17) is 0 Å². The zero-order chi connectivity index (χ0) is 13.1. The zero-order valence-electron chi connectivity index (χ0n) is 10.3. The summed E-state index contributed by atoms with van der Waals surface area (Å²) in [7, 11) is 1.93. The van der Waals surface area contributed by atoms with Crippen molar-refractivity contribution in [1.29, 1.82) is 0 Å². The van der Waals surface area contributed by atoms with Gasteiger partial charge in [0.1, 0.15) is 0 Å². The van der Waals surface area contributed by atoms with Crippen LogP contribution >= 0.6 is 31.9 Å². The summed E-state index contributed by atoms with van der Waals surface area (Å²) >= 11 is 6.98. The van der Waals surface area contributed by atoms with E-state index in [0.717, 1.165) is 15.5 Å². The Kier molecular flexibility index (Phi) is 4.59. The Hall–Kier alpha value is -0.650. The Morgan fingerprint density at radius 3 is 2.72 bits per heavy atom. The van der Waals surface area contributed by atoms with Crippen LogP contribution in [-0.2, 0) is 13.6 Å². The number of halogens is 2. The van der Waals surface area contributed by atoms with Gasteiger partial charge in [0.05, 0.1) is 6.20 Å². The molecule has 1 aromatic heterocycles. The van der Waals surface area contributed by atoms with E-state index in [1.807, 2.05) is 24.1 Å². The Morgan fingerprint density at radius 2 is 2.11 bits per heavy atom. The number of rotatable bonds is 4. The average Bonchev–Trinajstić information content (AvgIpc) is 2.77. The fourth-order valence-electron chi connectivity index (χ4n) is 1.70. The molecule has 0 aliphatic heterocycles. The van der Waals surface area contributed by atoms with Crippen LogP contribution in [0.15, 0.2) is 39.5 Å². The molecular weight excluding hydrogens is 358 g/mol. The quantitative estimate of drug-likeness (QED) is 0.884. The molecule has 1 atom stereocenters. The summed E-state index contributed by atoms with van der Waals surface area (Å²) < 4.78 is 3.98. The van der Waals surface area contributed by atoms with E-state index < -0.39 is 0 Å². The summed E-state index contributed by atoms with van der Waals surface area (Å²) in [5, 5.41) is 7.67. The molecule has 18 heavy (non-hydrogen) atoms. The molecule has 0 fully saturated rings. The van der Waals surface area contributed by atoms with E-state index >= 15 is 0 Å². The molecule has 0 aliphatic carbocycles. The van der Waals surface area contributed by atoms with E-state index in [1.54, 1.807) is 0 Å². The van der Waals surface area contributed by atoms with Crippen LogP contribution in [0.3, 0.4) is 0 Å². The number of aryl methyl sites for hydroxylation is 1. The maximum atomic E-state index is 4.18. The minimum Gasteiger partial charge on any atom is -0.306 e. The summed E-state index contributed by atoms with van der Waals surface area (Å²) in [6.07, 6.45) is 3.93. The van der Waals surface area contributed by atoms with Gasteiger partial charge >= 0.3 is 0 Å². The highest BCUT2D eigenvalue weighted by Crippen LogP contribution is 2.24. The van der Waals surface area contributed by atoms with Crippen molar-refractivity contribution in [1.82, 2.24) is 15.1 Å². The topological polar surface area (TPSA) is 29.9 Å². The van der Waals surface area contributed by atoms with Crippen molar-refractivity contribution in [2.24, 2.45) is 7.05 Å². The Bertz CT molecular complexity index is 537. The van der Waals surface area contributed by atoms with Gasteiger partial charge in [-0.05, 0) is 56.5 Å². The molecule has 1 unspecified atom stereocenters. The van der Waals surface area contributed by atoms with Gasteiger partial charge in [0, 0.05) is 40.3 Å². The molecule has 1 aromatic carbocycles. The number of nitrogens with one attached hydrogen (secondary N) is 1. The van der Waals surface area contributed by atoms with Crippen LogP contribution in [0.2, 0.25) is 0 Å². The molecule has 0 aliphatic rings. The van der Waals surface area contributed by atoms with Gasteiger partial charge in [0.2, 0.25) is 0 Å². The number of benzene rings is 1. The third-order valence-electron chi connectivity index (χ3n) is 2.82. The summed E-state index contributed by atoms with van der Waals surface area (Å²) in [5.74, 6) is 0. The van der Waals surface area contributed by atoms with Crippen molar-refractivity contribution >= 4 is 31.9 Å². The van der Waals surface area contributed by atoms with Gasteiger partial charge in [-0.1, -0.05) is 6.07 Å². The molecule has 0 bridgehead atoms. The largest absolute Gasteiger partial charge is 0.306 e. The molecule has 0 amide bonds. The summed E-state index contributed by atoms with van der Waals surface area (Å²) in [4.78, 5) is 0. The van der Waals surface area contributed by atoms with Crippen molar-refractivity contribution in [3.63, 3.8) is 0 Å². The normalized spacial score (nSPS) is 12.7. The smallest absolute Gasteiger partial charge is 0.0537 e. The van der Waals surface area contributed by atoms with Gasteiger partial charge in [0.15, 0.2) is 0 Å². The molecule has 0 saturated heterocycles.